The molecule has 14 N–H and O–H groups in total. The fraction of sp³-hybridized carbons (Fsp3) is 0.963. The van der Waals surface area contributed by atoms with Crippen molar-refractivity contribution in [1.29, 1.82) is 0 Å². The predicted octanol–water partition coefficient (Wildman–Crippen LogP) is -10.2. The lowest BCUT2D eigenvalue weighted by molar-refractivity contribution is -0.373. The van der Waals surface area contributed by atoms with E-state index in [1.165, 1.54) is 0 Å². The second-order valence-electron chi connectivity index (χ2n) is 12.2. The van der Waals surface area contributed by atoms with Crippen LogP contribution in [0.5, 0.6) is 0 Å². The van der Waals surface area contributed by atoms with Gasteiger partial charge in [0.2, 0.25) is 0 Å². The number of aliphatic hydroxyl groups excluding tert-OH is 14. The average Bonchev–Trinajstić information content (AvgIpc) is 3.11. The number of ether oxygens (including phenoxy) is 8. The number of aliphatic hydroxyl groups is 14. The molecule has 0 aromatic heterocycles. The maximum atomic E-state index is 10.8. The summed E-state index contributed by atoms with van der Waals surface area (Å²) in [6, 6.07) is 0. The Morgan fingerprint density at radius 1 is 0.480 bits per heavy atom. The Morgan fingerprint density at radius 2 is 0.860 bits per heavy atom. The van der Waals surface area contributed by atoms with Crippen LogP contribution in [-0.4, -0.2) is 240 Å². The lowest BCUT2D eigenvalue weighted by Crippen LogP contribution is -2.65. The SMILES string of the molecule is O=C[C@@H](O)CO[C@H]1O[C@H](CO)[C@@H](O)[C@H](O)[C@H]1O[C@H]1O[C@H](CO[C@@H]2O[C@H](CO[C@@H]3O[C@H](CO)[C@@H](O)[C@H](O)[C@H]3O)[C@@H](O)[C@H](O)[C@H]2O)[C@H](O)[C@H](O)[C@H]1O. The van der Waals surface area contributed by atoms with Crippen molar-refractivity contribution in [3.63, 3.8) is 0 Å². The maximum Gasteiger partial charge on any atom is 0.187 e. The molecule has 0 aliphatic carbocycles. The minimum absolute atomic E-state index is 0.131. The summed E-state index contributed by atoms with van der Waals surface area (Å²) in [4.78, 5) is 10.8. The Bertz CT molecular complexity index is 1040. The van der Waals surface area contributed by atoms with E-state index in [9.17, 15) is 76.3 Å². The Balaban J connectivity index is 1.40. The second kappa shape index (κ2) is 18.2. The van der Waals surface area contributed by atoms with Gasteiger partial charge in [-0.15, -0.1) is 0 Å². The zero-order valence-corrected chi connectivity index (χ0v) is 26.2. The second-order valence-corrected chi connectivity index (χ2v) is 12.2. The van der Waals surface area contributed by atoms with Crippen LogP contribution in [0.25, 0.3) is 0 Å². The van der Waals surface area contributed by atoms with Crippen LogP contribution in [0.4, 0.5) is 0 Å². The first kappa shape index (κ1) is 41.5. The number of carbonyl (C=O) groups excluding carboxylic acids is 1. The van der Waals surface area contributed by atoms with Gasteiger partial charge in [0.25, 0.3) is 0 Å². The molecule has 0 unspecified atom stereocenters. The molecule has 292 valence electrons. The number of carbonyl (C=O) groups is 1. The minimum Gasteiger partial charge on any atom is -0.394 e. The maximum absolute atomic E-state index is 10.8. The molecule has 0 spiro atoms. The fourth-order valence-electron chi connectivity index (χ4n) is 5.67. The van der Waals surface area contributed by atoms with E-state index in [-0.39, 0.29) is 6.29 Å². The van der Waals surface area contributed by atoms with Gasteiger partial charge in [0.05, 0.1) is 33.0 Å². The van der Waals surface area contributed by atoms with Gasteiger partial charge in [0.15, 0.2) is 31.4 Å². The predicted molar refractivity (Wildman–Crippen MR) is 150 cm³/mol. The monoisotopic (exact) mass is 738 g/mol. The molecule has 23 nitrogen and oxygen atoms in total. The highest BCUT2D eigenvalue weighted by molar-refractivity contribution is 5.55. The van der Waals surface area contributed by atoms with Crippen LogP contribution in [0.2, 0.25) is 0 Å². The summed E-state index contributed by atoms with van der Waals surface area (Å²) >= 11 is 0. The van der Waals surface area contributed by atoms with E-state index in [1.54, 1.807) is 0 Å². The van der Waals surface area contributed by atoms with Gasteiger partial charge in [-0.3, -0.25) is 0 Å². The van der Waals surface area contributed by atoms with Gasteiger partial charge in [0.1, 0.15) is 104 Å². The van der Waals surface area contributed by atoms with Crippen LogP contribution in [0.15, 0.2) is 0 Å². The third-order valence-electron chi connectivity index (χ3n) is 8.74. The van der Waals surface area contributed by atoms with Crippen LogP contribution in [0, 0.1) is 0 Å². The molecule has 0 radical (unpaired) electrons. The highest BCUT2D eigenvalue weighted by Crippen LogP contribution is 2.31. The lowest BCUT2D eigenvalue weighted by Gasteiger charge is -2.46. The molecule has 0 amide bonds. The van der Waals surface area contributed by atoms with Gasteiger partial charge in [-0.2, -0.15) is 0 Å². The first-order valence-electron chi connectivity index (χ1n) is 15.6. The highest BCUT2D eigenvalue weighted by Gasteiger charge is 2.52. The van der Waals surface area contributed by atoms with Crippen LogP contribution in [0.3, 0.4) is 0 Å². The molecule has 4 rings (SSSR count). The van der Waals surface area contributed by atoms with Crippen molar-refractivity contribution < 1.29 is 114 Å². The molecule has 0 aromatic carbocycles. The average molecular weight is 739 g/mol. The standard InChI is InChI=1S/C27H46O23/c28-1-7(31)4-43-27-23(19(39)13(33)9(3-30)47-27)50-26-22(42)18(38)15(35)11(49-26)6-45-25-21(41)17(37)14(34)10(48-25)5-44-24-20(40)16(36)12(32)8(2-29)46-24/h1,7-27,29-42H,2-6H2/t7-,8-,9-,10-,11-,12-,13-,14-,15+,16+,17+,18+,19+,20-,21-,22-,23-,24-,25-,26-,27+/m1/s1. The van der Waals surface area contributed by atoms with Crippen LogP contribution < -0.4 is 0 Å². The molecule has 4 aliphatic heterocycles. The van der Waals surface area contributed by atoms with Gasteiger partial charge < -0.3 is 114 Å². The van der Waals surface area contributed by atoms with Gasteiger partial charge in [0, 0.05) is 0 Å². The van der Waals surface area contributed by atoms with Gasteiger partial charge in [-0.05, 0) is 0 Å². The van der Waals surface area contributed by atoms with Gasteiger partial charge >= 0.3 is 0 Å². The molecule has 0 saturated carbocycles. The molecule has 0 aromatic rings. The summed E-state index contributed by atoms with van der Waals surface area (Å²) < 4.78 is 43.3. The number of hydrogen-bond acceptors (Lipinski definition) is 23. The van der Waals surface area contributed by atoms with Crippen molar-refractivity contribution in [3.8, 4) is 0 Å². The van der Waals surface area contributed by atoms with Crippen molar-refractivity contribution in [1.82, 2.24) is 0 Å². The molecule has 21 atom stereocenters. The summed E-state index contributed by atoms with van der Waals surface area (Å²) in [6.45, 7) is -3.66. The Labute approximate surface area is 282 Å². The summed E-state index contributed by atoms with van der Waals surface area (Å²) in [6.07, 6.45) is -36.6. The van der Waals surface area contributed by atoms with E-state index in [0.29, 0.717) is 0 Å². The Hall–Kier alpha value is -1.21. The van der Waals surface area contributed by atoms with E-state index in [2.05, 4.69) is 0 Å². The largest absolute Gasteiger partial charge is 0.394 e. The number of hydrogen-bond donors (Lipinski definition) is 14. The molecule has 50 heavy (non-hydrogen) atoms. The molecule has 4 fully saturated rings. The first-order chi connectivity index (χ1) is 23.6. The highest BCUT2D eigenvalue weighted by atomic mass is 16.8. The van der Waals surface area contributed by atoms with Crippen LogP contribution in [-0.2, 0) is 42.7 Å². The Kier molecular flexibility index (Phi) is 15.1. The number of rotatable bonds is 14. The molecule has 4 saturated heterocycles. The first-order valence-corrected chi connectivity index (χ1v) is 15.6. The molecule has 23 heteroatoms. The normalized spacial score (nSPS) is 49.4. The third-order valence-corrected chi connectivity index (χ3v) is 8.74. The van der Waals surface area contributed by atoms with Crippen molar-refractivity contribution in [3.05, 3.63) is 0 Å². The van der Waals surface area contributed by atoms with E-state index in [4.69, 9.17) is 37.9 Å². The zero-order valence-electron chi connectivity index (χ0n) is 26.2. The quantitative estimate of drug-likeness (QED) is 0.0735. The number of aldehydes is 1. The molecular formula is C27H46O23. The van der Waals surface area contributed by atoms with Crippen molar-refractivity contribution in [2.24, 2.45) is 0 Å². The van der Waals surface area contributed by atoms with Gasteiger partial charge in [-0.25, -0.2) is 0 Å². The van der Waals surface area contributed by atoms with E-state index < -0.39 is 162 Å². The van der Waals surface area contributed by atoms with E-state index in [1.807, 2.05) is 0 Å². The van der Waals surface area contributed by atoms with E-state index in [0.717, 1.165) is 0 Å². The van der Waals surface area contributed by atoms with Crippen molar-refractivity contribution in [2.75, 3.05) is 33.0 Å². The molecular weight excluding hydrogens is 692 g/mol. The Morgan fingerprint density at radius 3 is 1.32 bits per heavy atom. The summed E-state index contributed by atoms with van der Waals surface area (Å²) in [7, 11) is 0. The van der Waals surface area contributed by atoms with Crippen molar-refractivity contribution in [2.45, 2.75) is 129 Å². The van der Waals surface area contributed by atoms with E-state index >= 15 is 0 Å². The van der Waals surface area contributed by atoms with Crippen LogP contribution >= 0.6 is 0 Å². The third kappa shape index (κ3) is 9.11. The summed E-state index contributed by atoms with van der Waals surface area (Å²) in [5, 5.41) is 143. The zero-order chi connectivity index (χ0) is 37.0. The topological polar surface area (TPSA) is 374 Å². The molecule has 4 aliphatic rings. The molecule has 4 heterocycles. The minimum atomic E-state index is -2.01. The summed E-state index contributed by atoms with van der Waals surface area (Å²) in [5.74, 6) is 0. The van der Waals surface area contributed by atoms with Crippen LogP contribution in [0.1, 0.15) is 0 Å². The van der Waals surface area contributed by atoms with Gasteiger partial charge in [-0.1, -0.05) is 0 Å². The summed E-state index contributed by atoms with van der Waals surface area (Å²) in [5.41, 5.74) is 0. The molecule has 0 bridgehead atoms. The lowest BCUT2D eigenvalue weighted by atomic mass is 9.97. The smallest absolute Gasteiger partial charge is 0.187 e. The van der Waals surface area contributed by atoms with Crippen molar-refractivity contribution >= 4 is 6.29 Å². The fourth-order valence-corrected chi connectivity index (χ4v) is 5.67.